The molecule has 0 saturated heterocycles. The smallest absolute Gasteiger partial charge is 0.302 e. The maximum Gasteiger partial charge on any atom is 0.302 e. The highest BCUT2D eigenvalue weighted by molar-refractivity contribution is 5.65. The van der Waals surface area contributed by atoms with Gasteiger partial charge in [-0.1, -0.05) is 26.2 Å². The molecule has 186 valence electrons. The summed E-state index contributed by atoms with van der Waals surface area (Å²) < 4.78 is 42.5. The van der Waals surface area contributed by atoms with E-state index in [4.69, 9.17) is 37.9 Å². The third kappa shape index (κ3) is 29.2. The van der Waals surface area contributed by atoms with Gasteiger partial charge in [0.1, 0.15) is 6.61 Å². The molecule has 0 aromatic carbocycles. The van der Waals surface area contributed by atoms with Gasteiger partial charge in [-0.15, -0.1) is 0 Å². The van der Waals surface area contributed by atoms with Crippen molar-refractivity contribution in [2.24, 2.45) is 0 Å². The molecule has 0 atom stereocenters. The van der Waals surface area contributed by atoms with E-state index in [0.29, 0.717) is 85.9 Å². The molecular formula is C22H44O9. The van der Waals surface area contributed by atoms with Crippen molar-refractivity contribution in [2.45, 2.75) is 39.5 Å². The van der Waals surface area contributed by atoms with Crippen molar-refractivity contribution in [1.82, 2.24) is 0 Å². The number of hydrogen-bond donors (Lipinski definition) is 0. The average Bonchev–Trinajstić information content (AvgIpc) is 2.76. The molecule has 0 fully saturated rings. The third-order valence-electron chi connectivity index (χ3n) is 3.91. The van der Waals surface area contributed by atoms with Crippen molar-refractivity contribution in [1.29, 1.82) is 0 Å². The van der Waals surface area contributed by atoms with Gasteiger partial charge in [0.05, 0.1) is 85.9 Å². The summed E-state index contributed by atoms with van der Waals surface area (Å²) >= 11 is 0. The quantitative estimate of drug-likeness (QED) is 0.145. The van der Waals surface area contributed by atoms with Crippen molar-refractivity contribution in [3.8, 4) is 0 Å². The molecule has 0 aliphatic heterocycles. The molecule has 0 unspecified atom stereocenters. The minimum atomic E-state index is -0.302. The fourth-order valence-electron chi connectivity index (χ4n) is 2.30. The molecule has 0 rings (SSSR count). The molecule has 0 aliphatic rings. The number of hydrogen-bond acceptors (Lipinski definition) is 9. The Bertz CT molecular complexity index is 356. The Balaban J connectivity index is 3.00. The molecule has 0 aromatic heterocycles. The number of carbonyl (C=O) groups excluding carboxylic acids is 1. The van der Waals surface area contributed by atoms with Gasteiger partial charge < -0.3 is 37.9 Å². The number of carbonyl (C=O) groups is 1. The van der Waals surface area contributed by atoms with E-state index >= 15 is 0 Å². The van der Waals surface area contributed by atoms with E-state index in [1.165, 1.54) is 26.2 Å². The van der Waals surface area contributed by atoms with Gasteiger partial charge in [0.2, 0.25) is 0 Å². The Kier molecular flexibility index (Phi) is 26.5. The minimum Gasteiger partial charge on any atom is -0.463 e. The molecule has 0 heterocycles. The summed E-state index contributed by atoms with van der Waals surface area (Å²) in [5.41, 5.74) is 0. The van der Waals surface area contributed by atoms with E-state index in [-0.39, 0.29) is 12.6 Å². The summed E-state index contributed by atoms with van der Waals surface area (Å²) in [4.78, 5) is 10.5. The molecule has 9 nitrogen and oxygen atoms in total. The molecule has 0 aliphatic carbocycles. The van der Waals surface area contributed by atoms with Crippen molar-refractivity contribution in [2.75, 3.05) is 99.1 Å². The van der Waals surface area contributed by atoms with Crippen LogP contribution in [0.25, 0.3) is 0 Å². The normalized spacial score (nSPS) is 11.2. The van der Waals surface area contributed by atoms with Crippen LogP contribution in [0.5, 0.6) is 0 Å². The second-order valence-electron chi connectivity index (χ2n) is 6.69. The zero-order valence-electron chi connectivity index (χ0n) is 19.6. The second kappa shape index (κ2) is 27.2. The van der Waals surface area contributed by atoms with Crippen LogP contribution in [0.1, 0.15) is 39.5 Å². The largest absolute Gasteiger partial charge is 0.463 e. The van der Waals surface area contributed by atoms with Gasteiger partial charge >= 0.3 is 5.97 Å². The predicted octanol–water partition coefficient (Wildman–Crippen LogP) is 2.25. The maximum atomic E-state index is 10.5. The standard InChI is InChI=1S/C22H44O9/c1-3-4-5-6-7-24-8-9-25-10-11-26-12-13-27-14-15-28-16-17-29-18-19-30-20-21-31-22(2)23/h3-21H2,1-2H3. The van der Waals surface area contributed by atoms with Crippen LogP contribution in [0.2, 0.25) is 0 Å². The van der Waals surface area contributed by atoms with Gasteiger partial charge in [-0.25, -0.2) is 0 Å². The summed E-state index contributed by atoms with van der Waals surface area (Å²) in [6.45, 7) is 11.5. The van der Waals surface area contributed by atoms with E-state index in [1.54, 1.807) is 0 Å². The predicted molar refractivity (Wildman–Crippen MR) is 117 cm³/mol. The zero-order chi connectivity index (χ0) is 22.7. The fraction of sp³-hybridized carbons (Fsp3) is 0.955. The molecule has 0 spiro atoms. The lowest BCUT2D eigenvalue weighted by molar-refractivity contribution is -0.142. The highest BCUT2D eigenvalue weighted by Gasteiger charge is 1.96. The Morgan fingerprint density at radius 3 is 1.10 bits per heavy atom. The van der Waals surface area contributed by atoms with Crippen LogP contribution in [-0.2, 0) is 42.7 Å². The van der Waals surface area contributed by atoms with Gasteiger partial charge in [0.15, 0.2) is 0 Å². The third-order valence-corrected chi connectivity index (χ3v) is 3.91. The molecule has 0 bridgehead atoms. The Morgan fingerprint density at radius 2 is 0.774 bits per heavy atom. The molecule has 9 heteroatoms. The first kappa shape index (κ1) is 30.2. The number of ether oxygens (including phenoxy) is 8. The van der Waals surface area contributed by atoms with Crippen molar-refractivity contribution in [3.63, 3.8) is 0 Å². The van der Waals surface area contributed by atoms with Crippen LogP contribution < -0.4 is 0 Å². The van der Waals surface area contributed by atoms with Gasteiger partial charge in [-0.05, 0) is 6.42 Å². The summed E-state index contributed by atoms with van der Waals surface area (Å²) in [7, 11) is 0. The summed E-state index contributed by atoms with van der Waals surface area (Å²) in [6, 6.07) is 0. The highest BCUT2D eigenvalue weighted by Crippen LogP contribution is 1.98. The lowest BCUT2D eigenvalue weighted by Crippen LogP contribution is -2.15. The molecule has 0 radical (unpaired) electrons. The molecule has 31 heavy (non-hydrogen) atoms. The second-order valence-corrected chi connectivity index (χ2v) is 6.69. The van der Waals surface area contributed by atoms with Gasteiger partial charge in [0.25, 0.3) is 0 Å². The van der Waals surface area contributed by atoms with Gasteiger partial charge in [0, 0.05) is 13.5 Å². The number of esters is 1. The van der Waals surface area contributed by atoms with Gasteiger partial charge in [-0.3, -0.25) is 4.79 Å². The monoisotopic (exact) mass is 452 g/mol. The molecule has 0 N–H and O–H groups in total. The highest BCUT2D eigenvalue weighted by atomic mass is 16.6. The van der Waals surface area contributed by atoms with E-state index in [1.807, 2.05) is 0 Å². The zero-order valence-corrected chi connectivity index (χ0v) is 19.6. The first-order chi connectivity index (χ1) is 15.3. The molecule has 0 saturated carbocycles. The topological polar surface area (TPSA) is 90.9 Å². The van der Waals surface area contributed by atoms with Crippen LogP contribution in [0, 0.1) is 0 Å². The SMILES string of the molecule is CCCCCCOCCOCCOCCOCCOCCOCCOCCOC(C)=O. The lowest BCUT2D eigenvalue weighted by Gasteiger charge is -2.08. The summed E-state index contributed by atoms with van der Waals surface area (Å²) in [5, 5.41) is 0. The van der Waals surface area contributed by atoms with E-state index in [0.717, 1.165) is 13.0 Å². The Labute approximate surface area is 187 Å². The molecular weight excluding hydrogens is 408 g/mol. The number of rotatable bonds is 26. The van der Waals surface area contributed by atoms with Crippen molar-refractivity contribution < 1.29 is 42.7 Å². The average molecular weight is 453 g/mol. The van der Waals surface area contributed by atoms with Crippen LogP contribution in [0.4, 0.5) is 0 Å². The van der Waals surface area contributed by atoms with Crippen molar-refractivity contribution >= 4 is 5.97 Å². The van der Waals surface area contributed by atoms with E-state index in [9.17, 15) is 4.79 Å². The van der Waals surface area contributed by atoms with Crippen LogP contribution in [-0.4, -0.2) is 105 Å². The summed E-state index contributed by atoms with van der Waals surface area (Å²) in [6.07, 6.45) is 4.90. The van der Waals surface area contributed by atoms with Crippen LogP contribution in [0.15, 0.2) is 0 Å². The molecule has 0 amide bonds. The minimum absolute atomic E-state index is 0.270. The Morgan fingerprint density at radius 1 is 0.452 bits per heavy atom. The van der Waals surface area contributed by atoms with E-state index in [2.05, 4.69) is 6.92 Å². The number of unbranched alkanes of at least 4 members (excludes halogenated alkanes) is 3. The van der Waals surface area contributed by atoms with Crippen LogP contribution in [0.3, 0.4) is 0 Å². The van der Waals surface area contributed by atoms with Crippen molar-refractivity contribution in [3.05, 3.63) is 0 Å². The lowest BCUT2D eigenvalue weighted by atomic mass is 10.2. The Hall–Kier alpha value is -0.810. The fourth-order valence-corrected chi connectivity index (χ4v) is 2.30. The first-order valence-corrected chi connectivity index (χ1v) is 11.4. The maximum absolute atomic E-state index is 10.5. The molecule has 0 aromatic rings. The first-order valence-electron chi connectivity index (χ1n) is 11.4. The van der Waals surface area contributed by atoms with E-state index < -0.39 is 0 Å². The summed E-state index contributed by atoms with van der Waals surface area (Å²) in [5.74, 6) is -0.302. The van der Waals surface area contributed by atoms with Gasteiger partial charge in [-0.2, -0.15) is 0 Å². The van der Waals surface area contributed by atoms with Crippen LogP contribution >= 0.6 is 0 Å².